The Morgan fingerprint density at radius 2 is 1.52 bits per heavy atom. The van der Waals surface area contributed by atoms with Gasteiger partial charge in [0, 0.05) is 12.0 Å². The SMILES string of the molecule is O=C1CCC(c2ccccc2)C/C1=C(/F)C(F)(F)C(F)(F)C(F)(F)F. The molecule has 1 unspecified atom stereocenters. The fourth-order valence-corrected chi connectivity index (χ4v) is 2.65. The minimum Gasteiger partial charge on any atom is -0.294 e. The third-order valence-electron chi connectivity index (χ3n) is 4.07. The van der Waals surface area contributed by atoms with E-state index in [1.165, 1.54) is 0 Å². The molecule has 25 heavy (non-hydrogen) atoms. The number of Topliss-reactive ketones (excluding diaryl/α,β-unsaturated/α-hetero) is 1. The van der Waals surface area contributed by atoms with Crippen LogP contribution in [0.4, 0.5) is 35.1 Å². The number of carbonyl (C=O) groups is 1. The number of halogens is 8. The van der Waals surface area contributed by atoms with Gasteiger partial charge in [-0.05, 0) is 24.3 Å². The highest BCUT2D eigenvalue weighted by molar-refractivity contribution is 5.97. The molecule has 0 bridgehead atoms. The van der Waals surface area contributed by atoms with Gasteiger partial charge in [0.2, 0.25) is 0 Å². The first-order chi connectivity index (χ1) is 11.4. The van der Waals surface area contributed by atoms with Crippen molar-refractivity contribution in [2.24, 2.45) is 0 Å². The number of alkyl halides is 7. The molecule has 0 N–H and O–H groups in total. The summed E-state index contributed by atoms with van der Waals surface area (Å²) in [4.78, 5) is 11.7. The Labute approximate surface area is 137 Å². The summed E-state index contributed by atoms with van der Waals surface area (Å²) in [5, 5.41) is 0. The van der Waals surface area contributed by atoms with Crippen molar-refractivity contribution in [3.05, 3.63) is 47.3 Å². The molecule has 0 spiro atoms. The molecule has 9 heteroatoms. The first-order valence-corrected chi connectivity index (χ1v) is 7.19. The molecule has 1 fully saturated rings. The Balaban J connectivity index is 2.43. The van der Waals surface area contributed by atoms with E-state index in [1.54, 1.807) is 30.3 Å². The predicted molar refractivity (Wildman–Crippen MR) is 72.1 cm³/mol. The number of carbonyl (C=O) groups excluding carboxylic acids is 1. The zero-order chi connectivity index (χ0) is 19.0. The van der Waals surface area contributed by atoms with E-state index in [2.05, 4.69) is 0 Å². The van der Waals surface area contributed by atoms with E-state index >= 15 is 0 Å². The second-order valence-corrected chi connectivity index (χ2v) is 5.71. The molecule has 0 radical (unpaired) electrons. The van der Waals surface area contributed by atoms with E-state index < -0.39 is 54.0 Å². The predicted octanol–water partition coefficient (Wildman–Crippen LogP) is 5.58. The normalized spacial score (nSPS) is 22.1. The van der Waals surface area contributed by atoms with Crippen molar-refractivity contribution in [3.63, 3.8) is 0 Å². The highest BCUT2D eigenvalue weighted by Gasteiger charge is 2.75. The molecule has 1 nitrogen and oxygen atoms in total. The molecule has 1 aromatic rings. The third-order valence-corrected chi connectivity index (χ3v) is 4.07. The third kappa shape index (κ3) is 3.41. The van der Waals surface area contributed by atoms with Crippen molar-refractivity contribution in [1.82, 2.24) is 0 Å². The second-order valence-electron chi connectivity index (χ2n) is 5.71. The Morgan fingerprint density at radius 3 is 2.04 bits per heavy atom. The largest absolute Gasteiger partial charge is 0.460 e. The van der Waals surface area contributed by atoms with Crippen LogP contribution < -0.4 is 0 Å². The summed E-state index contributed by atoms with van der Waals surface area (Å²) in [5.41, 5.74) is -0.764. The van der Waals surface area contributed by atoms with Crippen LogP contribution in [0.15, 0.2) is 41.7 Å². The second kappa shape index (κ2) is 6.42. The fraction of sp³-hybridized carbons (Fsp3) is 0.438. The van der Waals surface area contributed by atoms with Gasteiger partial charge in [-0.1, -0.05) is 30.3 Å². The van der Waals surface area contributed by atoms with Crippen molar-refractivity contribution >= 4 is 5.78 Å². The van der Waals surface area contributed by atoms with Gasteiger partial charge in [0.1, 0.15) is 0 Å². The van der Waals surface area contributed by atoms with Gasteiger partial charge in [-0.25, -0.2) is 4.39 Å². The molecule has 1 aromatic carbocycles. The molecule has 0 aromatic heterocycles. The minimum absolute atomic E-state index is 0.154. The van der Waals surface area contributed by atoms with E-state index in [1.807, 2.05) is 0 Å². The van der Waals surface area contributed by atoms with Crippen LogP contribution in [0.2, 0.25) is 0 Å². The van der Waals surface area contributed by atoms with Gasteiger partial charge in [0.05, 0.1) is 0 Å². The quantitative estimate of drug-likeness (QED) is 0.500. The fourth-order valence-electron chi connectivity index (χ4n) is 2.65. The zero-order valence-electron chi connectivity index (χ0n) is 12.5. The molecule has 0 aliphatic heterocycles. The van der Waals surface area contributed by atoms with Crippen molar-refractivity contribution in [3.8, 4) is 0 Å². The van der Waals surface area contributed by atoms with Crippen molar-refractivity contribution in [2.75, 3.05) is 0 Å². The lowest BCUT2D eigenvalue weighted by atomic mass is 9.79. The van der Waals surface area contributed by atoms with Crippen LogP contribution in [0.25, 0.3) is 0 Å². The topological polar surface area (TPSA) is 17.1 Å². The Bertz CT molecular complexity index is 675. The molecule has 1 aliphatic carbocycles. The van der Waals surface area contributed by atoms with Gasteiger partial charge in [0.15, 0.2) is 11.6 Å². The van der Waals surface area contributed by atoms with Gasteiger partial charge in [-0.3, -0.25) is 4.79 Å². The van der Waals surface area contributed by atoms with Crippen LogP contribution in [0.5, 0.6) is 0 Å². The molecule has 0 heterocycles. The minimum atomic E-state index is -6.66. The Morgan fingerprint density at radius 1 is 0.960 bits per heavy atom. The number of allylic oxidation sites excluding steroid dienone is 2. The van der Waals surface area contributed by atoms with Crippen LogP contribution in [0.1, 0.15) is 30.7 Å². The molecule has 1 aliphatic rings. The van der Waals surface area contributed by atoms with Crippen LogP contribution >= 0.6 is 0 Å². The van der Waals surface area contributed by atoms with Crippen molar-refractivity contribution in [2.45, 2.75) is 43.2 Å². The van der Waals surface area contributed by atoms with Crippen LogP contribution in [-0.4, -0.2) is 23.8 Å². The summed E-state index contributed by atoms with van der Waals surface area (Å²) in [7, 11) is 0. The summed E-state index contributed by atoms with van der Waals surface area (Å²) in [6.07, 6.45) is -7.60. The highest BCUT2D eigenvalue weighted by atomic mass is 19.4. The summed E-state index contributed by atoms with van der Waals surface area (Å²) in [6.45, 7) is 0. The van der Waals surface area contributed by atoms with Crippen LogP contribution in [0, 0.1) is 0 Å². The van der Waals surface area contributed by atoms with Crippen LogP contribution in [-0.2, 0) is 4.79 Å². The lowest BCUT2D eigenvalue weighted by Crippen LogP contribution is -2.52. The van der Waals surface area contributed by atoms with Crippen LogP contribution in [0.3, 0.4) is 0 Å². The number of benzene rings is 1. The van der Waals surface area contributed by atoms with E-state index in [4.69, 9.17) is 0 Å². The number of rotatable bonds is 3. The lowest BCUT2D eigenvalue weighted by Gasteiger charge is -2.30. The summed E-state index contributed by atoms with van der Waals surface area (Å²) < 4.78 is 104. The van der Waals surface area contributed by atoms with E-state index in [-0.39, 0.29) is 6.42 Å². The molecular formula is C16H12F8O. The van der Waals surface area contributed by atoms with Gasteiger partial charge < -0.3 is 0 Å². The van der Waals surface area contributed by atoms with E-state index in [9.17, 15) is 39.9 Å². The zero-order valence-corrected chi connectivity index (χ0v) is 12.5. The van der Waals surface area contributed by atoms with Crippen molar-refractivity contribution in [1.29, 1.82) is 0 Å². The Hall–Kier alpha value is -1.93. The molecule has 1 atom stereocenters. The average Bonchev–Trinajstić information content (AvgIpc) is 2.54. The molecular weight excluding hydrogens is 360 g/mol. The Kier molecular flexibility index (Phi) is 4.98. The summed E-state index contributed by atoms with van der Waals surface area (Å²) >= 11 is 0. The highest BCUT2D eigenvalue weighted by Crippen LogP contribution is 2.52. The monoisotopic (exact) mass is 372 g/mol. The molecule has 0 amide bonds. The maximum Gasteiger partial charge on any atom is 0.460 e. The van der Waals surface area contributed by atoms with Gasteiger partial charge >= 0.3 is 18.0 Å². The maximum absolute atomic E-state index is 14.0. The number of hydrogen-bond acceptors (Lipinski definition) is 1. The first-order valence-electron chi connectivity index (χ1n) is 7.19. The number of hydrogen-bond donors (Lipinski definition) is 0. The van der Waals surface area contributed by atoms with Gasteiger partial charge in [-0.2, -0.15) is 30.7 Å². The molecule has 2 rings (SSSR count). The van der Waals surface area contributed by atoms with E-state index in [0.717, 1.165) is 0 Å². The lowest BCUT2D eigenvalue weighted by molar-refractivity contribution is -0.347. The molecule has 1 saturated carbocycles. The standard InChI is InChI=1S/C16H12F8O/c17-13(14(18,19)15(20,21)16(22,23)24)11-8-10(6-7-12(11)25)9-4-2-1-3-5-9/h1-5,10H,6-8H2/b13-11-. The number of ketones is 1. The smallest absolute Gasteiger partial charge is 0.294 e. The summed E-state index contributed by atoms with van der Waals surface area (Å²) in [6, 6.07) is 7.97. The van der Waals surface area contributed by atoms with Crippen molar-refractivity contribution < 1.29 is 39.9 Å². The maximum atomic E-state index is 14.0. The van der Waals surface area contributed by atoms with Gasteiger partial charge in [0.25, 0.3) is 0 Å². The molecule has 138 valence electrons. The first kappa shape index (κ1) is 19.4. The average molecular weight is 372 g/mol. The van der Waals surface area contributed by atoms with E-state index in [0.29, 0.717) is 5.56 Å². The van der Waals surface area contributed by atoms with Gasteiger partial charge in [-0.15, -0.1) is 0 Å². The molecule has 0 saturated heterocycles. The summed E-state index contributed by atoms with van der Waals surface area (Å²) in [5.74, 6) is -17.6.